The van der Waals surface area contributed by atoms with Crippen LogP contribution in [-0.4, -0.2) is 16.3 Å². The predicted octanol–water partition coefficient (Wildman–Crippen LogP) is 5.21. The number of benzene rings is 1. The maximum Gasteiger partial charge on any atom is 0.0593 e. The van der Waals surface area contributed by atoms with Gasteiger partial charge in [-0.15, -0.1) is 11.8 Å². The second-order valence-electron chi connectivity index (χ2n) is 6.42. The van der Waals surface area contributed by atoms with E-state index in [9.17, 15) is 0 Å². The lowest BCUT2D eigenvalue weighted by Crippen LogP contribution is -2.48. The lowest BCUT2D eigenvalue weighted by atomic mass is 9.88. The van der Waals surface area contributed by atoms with Gasteiger partial charge in [-0.2, -0.15) is 0 Å². The van der Waals surface area contributed by atoms with Crippen molar-refractivity contribution in [1.29, 1.82) is 0 Å². The number of nitrogens with zero attached hydrogens (tertiary/aromatic N) is 1. The molecular formula is C20H26N2S. The largest absolute Gasteiger partial charge is 0.300 e. The first-order valence-electron chi connectivity index (χ1n) is 8.67. The average molecular weight is 327 g/mol. The van der Waals surface area contributed by atoms with Crippen LogP contribution in [0.1, 0.15) is 56.7 Å². The Morgan fingerprint density at radius 2 is 1.96 bits per heavy atom. The van der Waals surface area contributed by atoms with Gasteiger partial charge >= 0.3 is 0 Å². The molecule has 0 radical (unpaired) electrons. The van der Waals surface area contributed by atoms with Gasteiger partial charge in [0.25, 0.3) is 0 Å². The van der Waals surface area contributed by atoms with Gasteiger partial charge in [-0.1, -0.05) is 44.9 Å². The summed E-state index contributed by atoms with van der Waals surface area (Å²) in [5.74, 6) is 1.14. The number of nitrogens with one attached hydrogen (secondary N) is 1. The fourth-order valence-corrected chi connectivity index (χ4v) is 4.74. The lowest BCUT2D eigenvalue weighted by molar-refractivity contribution is 0.298. The number of hydrogen-bond donors (Lipinski definition) is 1. The predicted molar refractivity (Wildman–Crippen MR) is 98.9 cm³/mol. The van der Waals surface area contributed by atoms with Crippen molar-refractivity contribution in [2.75, 3.05) is 5.75 Å². The van der Waals surface area contributed by atoms with Crippen molar-refractivity contribution >= 4 is 11.8 Å². The van der Waals surface area contributed by atoms with E-state index in [1.54, 1.807) is 0 Å². The van der Waals surface area contributed by atoms with Crippen molar-refractivity contribution in [3.8, 4) is 0 Å². The monoisotopic (exact) mass is 326 g/mol. The zero-order valence-corrected chi connectivity index (χ0v) is 14.9. The number of rotatable bonds is 5. The Labute approximate surface area is 144 Å². The Kier molecular flexibility index (Phi) is 5.39. The molecule has 1 N–H and O–H groups in total. The Balaban J connectivity index is 2.01. The van der Waals surface area contributed by atoms with Crippen LogP contribution in [0.2, 0.25) is 0 Å². The molecule has 0 saturated heterocycles. The van der Waals surface area contributed by atoms with Gasteiger partial charge in [-0.25, -0.2) is 0 Å². The molecule has 0 fully saturated rings. The molecule has 23 heavy (non-hydrogen) atoms. The van der Waals surface area contributed by atoms with Crippen molar-refractivity contribution in [2.24, 2.45) is 0 Å². The Bertz CT molecular complexity index is 629. The van der Waals surface area contributed by atoms with Gasteiger partial charge in [-0.3, -0.25) is 10.3 Å². The van der Waals surface area contributed by atoms with E-state index < -0.39 is 0 Å². The third-order valence-corrected chi connectivity index (χ3v) is 6.29. The van der Waals surface area contributed by atoms with Crippen LogP contribution in [-0.2, 0) is 0 Å². The first-order valence-corrected chi connectivity index (χ1v) is 9.66. The smallest absolute Gasteiger partial charge is 0.0593 e. The van der Waals surface area contributed by atoms with Crippen LogP contribution in [0.15, 0.2) is 53.7 Å². The Morgan fingerprint density at radius 1 is 1.17 bits per heavy atom. The number of thioether (sulfide) groups is 1. The molecule has 1 aromatic heterocycles. The van der Waals surface area contributed by atoms with Crippen molar-refractivity contribution in [1.82, 2.24) is 10.3 Å². The molecule has 1 aromatic carbocycles. The highest BCUT2D eigenvalue weighted by atomic mass is 32.2. The number of hydrogen-bond acceptors (Lipinski definition) is 3. The van der Waals surface area contributed by atoms with E-state index in [-0.39, 0.29) is 11.6 Å². The van der Waals surface area contributed by atoms with Gasteiger partial charge in [-0.05, 0) is 42.2 Å². The minimum atomic E-state index is 0.202. The van der Waals surface area contributed by atoms with Gasteiger partial charge in [0.05, 0.1) is 6.04 Å². The highest BCUT2D eigenvalue weighted by molar-refractivity contribution is 7.99. The fourth-order valence-electron chi connectivity index (χ4n) is 3.35. The van der Waals surface area contributed by atoms with E-state index in [4.69, 9.17) is 0 Å². The lowest BCUT2D eigenvalue weighted by Gasteiger charge is -2.36. The summed E-state index contributed by atoms with van der Waals surface area (Å²) < 4.78 is 0. The molecule has 1 aliphatic rings. The molecule has 1 aliphatic heterocycles. The summed E-state index contributed by atoms with van der Waals surface area (Å²) in [5.41, 5.74) is 2.91. The molecule has 122 valence electrons. The molecule has 2 nitrogen and oxygen atoms in total. The number of pyridine rings is 1. The molecule has 0 unspecified atom stereocenters. The van der Waals surface area contributed by atoms with Crippen LogP contribution >= 0.6 is 11.8 Å². The second kappa shape index (κ2) is 7.50. The summed E-state index contributed by atoms with van der Waals surface area (Å²) >= 11 is 2.01. The summed E-state index contributed by atoms with van der Waals surface area (Å²) in [6, 6.07) is 13.4. The maximum atomic E-state index is 4.19. The molecule has 2 aromatic rings. The number of fused-ring (bicyclic) bond motifs is 1. The minimum absolute atomic E-state index is 0.202. The average Bonchev–Trinajstić information content (AvgIpc) is 2.79. The van der Waals surface area contributed by atoms with E-state index in [0.717, 1.165) is 12.2 Å². The molecule has 0 saturated carbocycles. The van der Waals surface area contributed by atoms with Gasteiger partial charge in [0.1, 0.15) is 0 Å². The Morgan fingerprint density at radius 3 is 2.70 bits per heavy atom. The van der Waals surface area contributed by atoms with E-state index in [1.165, 1.54) is 35.3 Å². The zero-order chi connectivity index (χ0) is 16.1. The molecule has 0 spiro atoms. The summed E-state index contributed by atoms with van der Waals surface area (Å²) in [5, 5.41) is 4.04. The van der Waals surface area contributed by atoms with Crippen LogP contribution in [0.4, 0.5) is 0 Å². The second-order valence-corrected chi connectivity index (χ2v) is 7.44. The minimum Gasteiger partial charge on any atom is -0.300 e. The molecule has 2 heterocycles. The topological polar surface area (TPSA) is 24.9 Å². The standard InChI is InChI=1S/C20H26N2S/c1-3-5-12-20(4-2)15-23-18-9-7-6-8-17(18)19(22-20)16-10-13-21-14-11-16/h6-11,13-14,19,22H,3-5,12,15H2,1-2H3/t19-,20-/m1/s1. The first kappa shape index (κ1) is 16.5. The molecule has 3 rings (SSSR count). The van der Waals surface area contributed by atoms with Gasteiger partial charge < -0.3 is 0 Å². The van der Waals surface area contributed by atoms with Gasteiger partial charge in [0.2, 0.25) is 0 Å². The summed E-state index contributed by atoms with van der Waals surface area (Å²) in [6.45, 7) is 4.60. The third-order valence-electron chi connectivity index (χ3n) is 4.91. The van der Waals surface area contributed by atoms with Crippen molar-refractivity contribution in [2.45, 2.75) is 56.0 Å². The molecular weight excluding hydrogens is 300 g/mol. The van der Waals surface area contributed by atoms with E-state index in [0.29, 0.717) is 0 Å². The molecule has 0 bridgehead atoms. The van der Waals surface area contributed by atoms with Crippen LogP contribution in [0, 0.1) is 0 Å². The third kappa shape index (κ3) is 3.61. The quantitative estimate of drug-likeness (QED) is 0.817. The molecule has 0 aliphatic carbocycles. The van der Waals surface area contributed by atoms with Crippen molar-refractivity contribution in [3.05, 3.63) is 59.9 Å². The van der Waals surface area contributed by atoms with Crippen molar-refractivity contribution in [3.63, 3.8) is 0 Å². The number of unbranched alkanes of at least 4 members (excludes halogenated alkanes) is 1. The van der Waals surface area contributed by atoms with E-state index in [1.807, 2.05) is 24.2 Å². The summed E-state index contributed by atoms with van der Waals surface area (Å²) in [6.07, 6.45) is 8.73. The normalized spacial score (nSPS) is 24.0. The summed E-state index contributed by atoms with van der Waals surface area (Å²) in [4.78, 5) is 5.60. The van der Waals surface area contributed by atoms with Crippen LogP contribution in [0.3, 0.4) is 0 Å². The molecule has 2 atom stereocenters. The van der Waals surface area contributed by atoms with Crippen LogP contribution < -0.4 is 5.32 Å². The Hall–Kier alpha value is -1.32. The SMILES string of the molecule is CCCC[C@]1(CC)CSc2ccccc2[C@@H](c2ccncc2)N1. The van der Waals surface area contributed by atoms with E-state index in [2.05, 4.69) is 60.5 Å². The van der Waals surface area contributed by atoms with Crippen molar-refractivity contribution < 1.29 is 0 Å². The highest BCUT2D eigenvalue weighted by Gasteiger charge is 2.35. The van der Waals surface area contributed by atoms with Crippen LogP contribution in [0.5, 0.6) is 0 Å². The highest BCUT2D eigenvalue weighted by Crippen LogP contribution is 2.40. The fraction of sp³-hybridized carbons (Fsp3) is 0.450. The van der Waals surface area contributed by atoms with E-state index >= 15 is 0 Å². The van der Waals surface area contributed by atoms with Crippen LogP contribution in [0.25, 0.3) is 0 Å². The number of aromatic nitrogens is 1. The van der Waals surface area contributed by atoms with Gasteiger partial charge in [0, 0.05) is 28.6 Å². The molecule has 0 amide bonds. The van der Waals surface area contributed by atoms with Gasteiger partial charge in [0.15, 0.2) is 0 Å². The first-order chi connectivity index (χ1) is 11.3. The molecule has 3 heteroatoms. The zero-order valence-electron chi connectivity index (χ0n) is 14.1. The summed E-state index contributed by atoms with van der Waals surface area (Å²) in [7, 11) is 0. The maximum absolute atomic E-state index is 4.19.